The third-order valence-corrected chi connectivity index (χ3v) is 14.0. The van der Waals surface area contributed by atoms with Gasteiger partial charge < -0.3 is 13.7 Å². The third kappa shape index (κ3) is 6.34. The summed E-state index contributed by atoms with van der Waals surface area (Å²) in [6, 6.07) is 85.0. The summed E-state index contributed by atoms with van der Waals surface area (Å²) in [5.41, 5.74) is 19.3. The first-order valence-electron chi connectivity index (χ1n) is 23.3. The molecule has 67 heavy (non-hydrogen) atoms. The monoisotopic (exact) mass is 857 g/mol. The highest BCUT2D eigenvalue weighted by atomic mass is 15.0. The van der Waals surface area contributed by atoms with Gasteiger partial charge in [0, 0.05) is 49.4 Å². The second-order valence-corrected chi connectivity index (χ2v) is 19.0. The Bertz CT molecular complexity index is 4030. The van der Waals surface area contributed by atoms with Gasteiger partial charge in [-0.3, -0.25) is 0 Å². The van der Waals surface area contributed by atoms with Gasteiger partial charge in [0.2, 0.25) is 0 Å². The van der Waals surface area contributed by atoms with E-state index < -0.39 is 0 Å². The van der Waals surface area contributed by atoms with Crippen molar-refractivity contribution in [3.05, 3.63) is 236 Å². The van der Waals surface area contributed by atoms with Gasteiger partial charge in [-0.15, -0.1) is 0 Å². The molecule has 318 valence electrons. The smallest absolute Gasteiger partial charge is 0.0541 e. The van der Waals surface area contributed by atoms with Gasteiger partial charge in [-0.1, -0.05) is 142 Å². The number of nitrogens with zero attached hydrogens (tertiary/aromatic N) is 3. The van der Waals surface area contributed by atoms with Gasteiger partial charge in [0.1, 0.15) is 0 Å². The van der Waals surface area contributed by atoms with E-state index in [0.29, 0.717) is 0 Å². The van der Waals surface area contributed by atoms with Crippen molar-refractivity contribution >= 4 is 65.4 Å². The summed E-state index contributed by atoms with van der Waals surface area (Å²) in [4.78, 5) is 0. The van der Waals surface area contributed by atoms with Crippen LogP contribution < -0.4 is 0 Å². The molecule has 3 nitrogen and oxygen atoms in total. The molecule has 10 aromatic carbocycles. The van der Waals surface area contributed by atoms with E-state index in [2.05, 4.69) is 265 Å². The van der Waals surface area contributed by atoms with Gasteiger partial charge in [-0.25, -0.2) is 0 Å². The normalized spacial score (nSPS) is 12.1. The maximum Gasteiger partial charge on any atom is 0.0541 e. The molecule has 13 aromatic rings. The lowest BCUT2D eigenvalue weighted by Gasteiger charge is -2.19. The molecule has 0 aliphatic carbocycles. The lowest BCUT2D eigenvalue weighted by molar-refractivity contribution is 0.591. The van der Waals surface area contributed by atoms with Crippen LogP contribution in [-0.2, 0) is 5.41 Å². The van der Waals surface area contributed by atoms with Crippen molar-refractivity contribution in [3.8, 4) is 50.4 Å². The summed E-state index contributed by atoms with van der Waals surface area (Å²) in [7, 11) is 0. The molecule has 3 aromatic heterocycles. The largest absolute Gasteiger partial charge is 0.309 e. The minimum absolute atomic E-state index is 0.0303. The summed E-state index contributed by atoms with van der Waals surface area (Å²) in [6.45, 7) is 6.90. The number of para-hydroxylation sites is 3. The fourth-order valence-corrected chi connectivity index (χ4v) is 10.6. The molecule has 0 fully saturated rings. The molecule has 3 heteroatoms. The molecule has 0 saturated heterocycles. The van der Waals surface area contributed by atoms with Crippen LogP contribution in [0.2, 0.25) is 0 Å². The predicted octanol–water partition coefficient (Wildman–Crippen LogP) is 17.3. The van der Waals surface area contributed by atoms with Gasteiger partial charge in [-0.05, 0) is 154 Å². The Morgan fingerprint density at radius 3 is 0.791 bits per heavy atom. The topological polar surface area (TPSA) is 14.8 Å². The maximum absolute atomic E-state index is 2.42. The molecular formula is C64H47N3. The quantitative estimate of drug-likeness (QED) is 0.158. The second kappa shape index (κ2) is 15.1. The van der Waals surface area contributed by atoms with Crippen LogP contribution in [0.15, 0.2) is 231 Å². The lowest BCUT2D eigenvalue weighted by atomic mass is 9.86. The Morgan fingerprint density at radius 2 is 0.493 bits per heavy atom. The first kappa shape index (κ1) is 39.0. The average Bonchev–Trinajstić information content (AvgIpc) is 4.01. The van der Waals surface area contributed by atoms with Crippen LogP contribution in [-0.4, -0.2) is 13.7 Å². The Morgan fingerprint density at radius 1 is 0.239 bits per heavy atom. The highest BCUT2D eigenvalue weighted by Gasteiger charge is 2.21. The summed E-state index contributed by atoms with van der Waals surface area (Å²) >= 11 is 0. The van der Waals surface area contributed by atoms with E-state index >= 15 is 0 Å². The van der Waals surface area contributed by atoms with Crippen molar-refractivity contribution in [2.75, 3.05) is 0 Å². The molecule has 3 heterocycles. The first-order chi connectivity index (χ1) is 32.9. The molecule has 0 radical (unpaired) electrons. The van der Waals surface area contributed by atoms with Crippen LogP contribution in [0.3, 0.4) is 0 Å². The zero-order chi connectivity index (χ0) is 44.8. The first-order valence-corrected chi connectivity index (χ1v) is 23.3. The molecule has 13 rings (SSSR count). The number of hydrogen-bond donors (Lipinski definition) is 0. The SMILES string of the molecule is CC(C)(C)c1ccc2c(c1)c1cc(-c3ccc4c(c3)c3cc(-c5ccc6c(c5)c5cc(-c7ccccc7)ccc5n6-c5ccccc5)ccc3n4-c3ccccc3)ccc1n2-c1ccccc1. The Balaban J connectivity index is 1.00. The molecule has 0 N–H and O–H groups in total. The molecule has 0 aliphatic heterocycles. The minimum atomic E-state index is 0.0303. The molecule has 0 amide bonds. The van der Waals surface area contributed by atoms with E-state index in [0.717, 1.165) is 11.4 Å². The van der Waals surface area contributed by atoms with Crippen LogP contribution in [0.25, 0.3) is 116 Å². The lowest BCUT2D eigenvalue weighted by Crippen LogP contribution is -2.10. The summed E-state index contributed by atoms with van der Waals surface area (Å²) in [6.07, 6.45) is 0. The van der Waals surface area contributed by atoms with Crippen molar-refractivity contribution in [2.24, 2.45) is 0 Å². The van der Waals surface area contributed by atoms with Crippen LogP contribution in [0.1, 0.15) is 26.3 Å². The fourth-order valence-electron chi connectivity index (χ4n) is 10.6. The van der Waals surface area contributed by atoms with E-state index in [1.165, 1.54) is 110 Å². The van der Waals surface area contributed by atoms with Crippen molar-refractivity contribution in [1.82, 2.24) is 13.7 Å². The molecule has 0 saturated carbocycles. The number of benzene rings is 10. The number of rotatable bonds is 6. The number of hydrogen-bond acceptors (Lipinski definition) is 0. The molecule has 0 aliphatic rings. The summed E-state index contributed by atoms with van der Waals surface area (Å²) < 4.78 is 7.24. The van der Waals surface area contributed by atoms with Crippen molar-refractivity contribution in [2.45, 2.75) is 26.2 Å². The van der Waals surface area contributed by atoms with E-state index in [9.17, 15) is 0 Å². The van der Waals surface area contributed by atoms with Gasteiger partial charge in [0.25, 0.3) is 0 Å². The van der Waals surface area contributed by atoms with E-state index in [4.69, 9.17) is 0 Å². The zero-order valence-electron chi connectivity index (χ0n) is 37.8. The molecule has 0 bridgehead atoms. The third-order valence-electron chi connectivity index (χ3n) is 14.0. The van der Waals surface area contributed by atoms with Gasteiger partial charge >= 0.3 is 0 Å². The summed E-state index contributed by atoms with van der Waals surface area (Å²) in [5, 5.41) is 7.48. The maximum atomic E-state index is 2.42. The number of aromatic nitrogens is 3. The standard InChI is InChI=1S/C64H47N3/c1-64(2,3)48-29-35-63-57(41-48)56-40-47(28-34-62(56)67(63)51-22-14-7-15-23-51)46-27-33-61-55(39-46)54-38-45(26-32-60(54)66(61)50-20-12-6-13-21-50)44-25-31-59-53(37-44)52-36-43(42-16-8-4-9-17-42)24-30-58(52)65(59)49-18-10-5-11-19-49/h4-41H,1-3H3. The van der Waals surface area contributed by atoms with E-state index in [1.54, 1.807) is 0 Å². The molecule has 0 spiro atoms. The second-order valence-electron chi connectivity index (χ2n) is 19.0. The average molecular weight is 858 g/mol. The fraction of sp³-hybridized carbons (Fsp3) is 0.0625. The van der Waals surface area contributed by atoms with Gasteiger partial charge in [0.05, 0.1) is 33.1 Å². The predicted molar refractivity (Wildman–Crippen MR) is 284 cm³/mol. The molecule has 0 unspecified atom stereocenters. The number of fused-ring (bicyclic) bond motifs is 9. The minimum Gasteiger partial charge on any atom is -0.309 e. The van der Waals surface area contributed by atoms with Crippen molar-refractivity contribution < 1.29 is 0 Å². The zero-order valence-corrected chi connectivity index (χ0v) is 37.8. The van der Waals surface area contributed by atoms with Crippen LogP contribution >= 0.6 is 0 Å². The Labute approximate surface area is 390 Å². The Kier molecular flexibility index (Phi) is 8.78. The van der Waals surface area contributed by atoms with Crippen molar-refractivity contribution in [3.63, 3.8) is 0 Å². The van der Waals surface area contributed by atoms with Gasteiger partial charge in [0.15, 0.2) is 0 Å². The molecular weight excluding hydrogens is 811 g/mol. The summed E-state index contributed by atoms with van der Waals surface area (Å²) in [5.74, 6) is 0. The Hall–Kier alpha value is -8.40. The highest BCUT2D eigenvalue weighted by molar-refractivity contribution is 6.15. The van der Waals surface area contributed by atoms with Crippen LogP contribution in [0.5, 0.6) is 0 Å². The van der Waals surface area contributed by atoms with Gasteiger partial charge in [-0.2, -0.15) is 0 Å². The molecule has 0 atom stereocenters. The van der Waals surface area contributed by atoms with E-state index in [1.807, 2.05) is 0 Å². The van der Waals surface area contributed by atoms with Crippen LogP contribution in [0.4, 0.5) is 0 Å². The van der Waals surface area contributed by atoms with Crippen molar-refractivity contribution in [1.29, 1.82) is 0 Å². The van der Waals surface area contributed by atoms with Crippen LogP contribution in [0, 0.1) is 0 Å². The van der Waals surface area contributed by atoms with E-state index in [-0.39, 0.29) is 5.41 Å². The highest BCUT2D eigenvalue weighted by Crippen LogP contribution is 2.42.